The summed E-state index contributed by atoms with van der Waals surface area (Å²) < 4.78 is 5.87. The first kappa shape index (κ1) is 19.2. The second kappa shape index (κ2) is 10.7. The van der Waals surface area contributed by atoms with E-state index in [1.165, 1.54) is 5.56 Å². The molecule has 1 aromatic rings. The summed E-state index contributed by atoms with van der Waals surface area (Å²) >= 11 is 0. The highest BCUT2D eigenvalue weighted by Gasteiger charge is 2.25. The lowest BCUT2D eigenvalue weighted by molar-refractivity contribution is -0.119. The number of carbonyl (C=O) groups excluding carboxylic acids is 1. The number of ether oxygens (including phenoxy) is 1. The summed E-state index contributed by atoms with van der Waals surface area (Å²) in [5.41, 5.74) is 1.20. The fourth-order valence-corrected chi connectivity index (χ4v) is 2.90. The number of nitrogens with one attached hydrogen (secondary N) is 2. The highest BCUT2D eigenvalue weighted by Crippen LogP contribution is 2.17. The summed E-state index contributed by atoms with van der Waals surface area (Å²) in [4.78, 5) is 18.3. The zero-order valence-electron chi connectivity index (χ0n) is 15.3. The normalized spacial score (nSPS) is 17.6. The van der Waals surface area contributed by atoms with Crippen molar-refractivity contribution >= 4 is 11.9 Å². The fraction of sp³-hybridized carbons (Fsp3) is 0.579. The number of carbonyl (C=O) groups is 1. The van der Waals surface area contributed by atoms with Crippen LogP contribution in [0.2, 0.25) is 0 Å². The van der Waals surface area contributed by atoms with Crippen LogP contribution in [-0.4, -0.2) is 56.1 Å². The summed E-state index contributed by atoms with van der Waals surface area (Å²) in [6.07, 6.45) is 1.08. The van der Waals surface area contributed by atoms with Crippen LogP contribution in [0.3, 0.4) is 0 Å². The molecule has 0 bridgehead atoms. The zero-order valence-corrected chi connectivity index (χ0v) is 15.3. The van der Waals surface area contributed by atoms with Crippen LogP contribution >= 0.6 is 0 Å². The molecule has 1 amide bonds. The van der Waals surface area contributed by atoms with Crippen LogP contribution in [0.5, 0.6) is 0 Å². The smallest absolute Gasteiger partial charge is 0.241 e. The number of likely N-dealkylation sites (tertiary alicyclic amines) is 1. The van der Waals surface area contributed by atoms with E-state index in [-0.39, 0.29) is 12.5 Å². The molecule has 25 heavy (non-hydrogen) atoms. The molecule has 6 heteroatoms. The van der Waals surface area contributed by atoms with Gasteiger partial charge in [-0.2, -0.15) is 0 Å². The Kier molecular flexibility index (Phi) is 8.25. The van der Waals surface area contributed by atoms with Crippen molar-refractivity contribution in [1.82, 2.24) is 15.5 Å². The van der Waals surface area contributed by atoms with Gasteiger partial charge in [0.1, 0.15) is 6.54 Å². The van der Waals surface area contributed by atoms with Crippen LogP contribution in [0.4, 0.5) is 0 Å². The van der Waals surface area contributed by atoms with Crippen molar-refractivity contribution in [2.24, 2.45) is 10.9 Å². The average molecular weight is 346 g/mol. The maximum atomic E-state index is 11.6. The number of rotatable bonds is 8. The molecular weight excluding hydrogens is 316 g/mol. The molecule has 0 saturated carbocycles. The minimum absolute atomic E-state index is 0.0418. The molecule has 2 N–H and O–H groups in total. The molecule has 1 aromatic carbocycles. The van der Waals surface area contributed by atoms with E-state index < -0.39 is 0 Å². The van der Waals surface area contributed by atoms with Crippen molar-refractivity contribution in [3.05, 3.63) is 35.9 Å². The largest absolute Gasteiger partial charge is 0.376 e. The number of hydrogen-bond donors (Lipinski definition) is 2. The molecule has 6 nitrogen and oxygen atoms in total. The minimum atomic E-state index is -0.0418. The Labute approximate surface area is 150 Å². The molecule has 1 aliphatic heterocycles. The summed E-state index contributed by atoms with van der Waals surface area (Å²) in [6, 6.07) is 10.2. The molecule has 1 heterocycles. The van der Waals surface area contributed by atoms with Crippen molar-refractivity contribution in [2.75, 3.05) is 39.3 Å². The Balaban J connectivity index is 1.77. The van der Waals surface area contributed by atoms with E-state index in [9.17, 15) is 4.79 Å². The molecule has 138 valence electrons. The third kappa shape index (κ3) is 6.74. The molecule has 1 unspecified atom stereocenters. The summed E-state index contributed by atoms with van der Waals surface area (Å²) in [7, 11) is 0. The highest BCUT2D eigenvalue weighted by molar-refractivity contribution is 5.85. The van der Waals surface area contributed by atoms with E-state index >= 15 is 0 Å². The standard InChI is InChI=1S/C19H30N4O2/c1-3-20-18(24)12-22-19(21-4-2)23-11-10-17(13-23)15-25-14-16-8-6-5-7-9-16/h5-9,17H,3-4,10-15H2,1-2H3,(H,20,24)(H,21,22). The first-order valence-corrected chi connectivity index (χ1v) is 9.14. The molecule has 0 aromatic heterocycles. The third-order valence-corrected chi connectivity index (χ3v) is 4.13. The van der Waals surface area contributed by atoms with Gasteiger partial charge in [0.15, 0.2) is 5.96 Å². The Morgan fingerprint density at radius 3 is 2.72 bits per heavy atom. The van der Waals surface area contributed by atoms with Crippen molar-refractivity contribution in [3.63, 3.8) is 0 Å². The van der Waals surface area contributed by atoms with Crippen LogP contribution in [-0.2, 0) is 16.1 Å². The van der Waals surface area contributed by atoms with Gasteiger partial charge in [-0.05, 0) is 25.8 Å². The van der Waals surface area contributed by atoms with Gasteiger partial charge in [-0.15, -0.1) is 0 Å². The Bertz CT molecular complexity index is 548. The molecule has 1 atom stereocenters. The predicted molar refractivity (Wildman–Crippen MR) is 100 cm³/mol. The Hall–Kier alpha value is -2.08. The van der Waals surface area contributed by atoms with Crippen LogP contribution < -0.4 is 10.6 Å². The molecule has 0 radical (unpaired) electrons. The number of likely N-dealkylation sites (N-methyl/N-ethyl adjacent to an activating group) is 1. The summed E-state index contributed by atoms with van der Waals surface area (Å²) in [5.74, 6) is 1.27. The van der Waals surface area contributed by atoms with Gasteiger partial charge in [-0.1, -0.05) is 30.3 Å². The van der Waals surface area contributed by atoms with Gasteiger partial charge in [0, 0.05) is 32.1 Å². The van der Waals surface area contributed by atoms with Gasteiger partial charge in [0.05, 0.1) is 13.2 Å². The SMILES string of the molecule is CCNC(=O)CN=C(NCC)N1CCC(COCc2ccccc2)C1. The van der Waals surface area contributed by atoms with Crippen LogP contribution in [0.1, 0.15) is 25.8 Å². The van der Waals surface area contributed by atoms with E-state index in [0.29, 0.717) is 19.1 Å². The number of guanidine groups is 1. The first-order chi connectivity index (χ1) is 12.2. The lowest BCUT2D eigenvalue weighted by Crippen LogP contribution is -2.41. The van der Waals surface area contributed by atoms with Gasteiger partial charge in [0.2, 0.25) is 5.91 Å². The van der Waals surface area contributed by atoms with E-state index in [1.54, 1.807) is 0 Å². The zero-order chi connectivity index (χ0) is 17.9. The first-order valence-electron chi connectivity index (χ1n) is 9.14. The highest BCUT2D eigenvalue weighted by atomic mass is 16.5. The summed E-state index contributed by atoms with van der Waals surface area (Å²) in [5, 5.41) is 6.05. The second-order valence-electron chi connectivity index (χ2n) is 6.23. The molecular formula is C19H30N4O2. The molecule has 1 fully saturated rings. The van der Waals surface area contributed by atoms with Crippen LogP contribution in [0, 0.1) is 5.92 Å². The topological polar surface area (TPSA) is 66.0 Å². The number of amides is 1. The van der Waals surface area contributed by atoms with Gasteiger partial charge in [0.25, 0.3) is 0 Å². The van der Waals surface area contributed by atoms with Gasteiger partial charge < -0.3 is 20.3 Å². The lowest BCUT2D eigenvalue weighted by Gasteiger charge is -2.21. The fourth-order valence-electron chi connectivity index (χ4n) is 2.90. The number of hydrogen-bond acceptors (Lipinski definition) is 3. The molecule has 1 aliphatic rings. The molecule has 0 aliphatic carbocycles. The number of aliphatic imine (C=N–C) groups is 1. The maximum Gasteiger partial charge on any atom is 0.241 e. The van der Waals surface area contributed by atoms with Crippen LogP contribution in [0.25, 0.3) is 0 Å². The monoisotopic (exact) mass is 346 g/mol. The van der Waals surface area contributed by atoms with Crippen molar-refractivity contribution in [3.8, 4) is 0 Å². The molecule has 2 rings (SSSR count). The third-order valence-electron chi connectivity index (χ3n) is 4.13. The van der Waals surface area contributed by atoms with Crippen molar-refractivity contribution < 1.29 is 9.53 Å². The van der Waals surface area contributed by atoms with E-state index in [0.717, 1.165) is 38.6 Å². The van der Waals surface area contributed by atoms with E-state index in [4.69, 9.17) is 4.74 Å². The van der Waals surface area contributed by atoms with Gasteiger partial charge in [-0.3, -0.25) is 4.79 Å². The van der Waals surface area contributed by atoms with E-state index in [2.05, 4.69) is 32.7 Å². The maximum absolute atomic E-state index is 11.6. The minimum Gasteiger partial charge on any atom is -0.376 e. The lowest BCUT2D eigenvalue weighted by atomic mass is 10.1. The van der Waals surface area contributed by atoms with Gasteiger partial charge >= 0.3 is 0 Å². The van der Waals surface area contributed by atoms with Crippen LogP contribution in [0.15, 0.2) is 35.3 Å². The number of nitrogens with zero attached hydrogens (tertiary/aromatic N) is 2. The molecule has 0 spiro atoms. The Morgan fingerprint density at radius 1 is 1.24 bits per heavy atom. The second-order valence-corrected chi connectivity index (χ2v) is 6.23. The van der Waals surface area contributed by atoms with Gasteiger partial charge in [-0.25, -0.2) is 4.99 Å². The summed E-state index contributed by atoms with van der Waals surface area (Å²) in [6.45, 7) is 8.81. The Morgan fingerprint density at radius 2 is 2.00 bits per heavy atom. The molecule has 1 saturated heterocycles. The van der Waals surface area contributed by atoms with E-state index in [1.807, 2.05) is 32.0 Å². The van der Waals surface area contributed by atoms with Crippen molar-refractivity contribution in [1.29, 1.82) is 0 Å². The van der Waals surface area contributed by atoms with Crippen molar-refractivity contribution in [2.45, 2.75) is 26.9 Å². The quantitative estimate of drug-likeness (QED) is 0.555. The number of benzene rings is 1. The predicted octanol–water partition coefficient (Wildman–Crippen LogP) is 1.63. The average Bonchev–Trinajstić information content (AvgIpc) is 3.08.